The lowest BCUT2D eigenvalue weighted by Gasteiger charge is -2.27. The predicted molar refractivity (Wildman–Crippen MR) is 78.1 cm³/mol. The van der Waals surface area contributed by atoms with Crippen LogP contribution in [-0.4, -0.2) is 12.5 Å². The molecule has 120 valence electrons. The minimum absolute atomic E-state index is 0.361. The monoisotopic (exact) mass is 341 g/mol. The molecule has 0 fully saturated rings. The Kier molecular flexibility index (Phi) is 4.17. The van der Waals surface area contributed by atoms with E-state index in [1.165, 1.54) is 0 Å². The normalized spacial score (nSPS) is 16.4. The second-order valence-electron chi connectivity index (χ2n) is 5.07. The molecule has 0 saturated carbocycles. The molecule has 0 radical (unpaired) electrons. The van der Waals surface area contributed by atoms with Gasteiger partial charge in [0.25, 0.3) is 5.91 Å². The molecule has 0 aromatic heterocycles. The molecule has 1 atom stereocenters. The maximum absolute atomic E-state index is 13.7. The summed E-state index contributed by atoms with van der Waals surface area (Å²) < 4.78 is 45.4. The highest BCUT2D eigenvalue weighted by Gasteiger charge is 2.26. The first-order chi connectivity index (χ1) is 11.0. The van der Waals surface area contributed by atoms with Crippen LogP contribution in [0.5, 0.6) is 5.75 Å². The largest absolute Gasteiger partial charge is 0.493 e. The summed E-state index contributed by atoms with van der Waals surface area (Å²) in [4.78, 5) is 12.2. The molecule has 2 aromatic rings. The van der Waals surface area contributed by atoms with Gasteiger partial charge < -0.3 is 10.1 Å². The van der Waals surface area contributed by atoms with Crippen LogP contribution in [0, 0.1) is 17.5 Å². The number of hydrogen-bond donors (Lipinski definition) is 1. The lowest BCUT2D eigenvalue weighted by Crippen LogP contribution is -2.32. The fraction of sp³-hybridized carbons (Fsp3) is 0.188. The Morgan fingerprint density at radius 2 is 1.96 bits per heavy atom. The molecular formula is C16H11ClF3NO2. The molecule has 2 aromatic carbocycles. The molecule has 3 nitrogen and oxygen atoms in total. The summed E-state index contributed by atoms with van der Waals surface area (Å²) in [5.41, 5.74) is 0.0964. The Labute approximate surface area is 135 Å². The van der Waals surface area contributed by atoms with Crippen molar-refractivity contribution in [3.8, 4) is 5.75 Å². The van der Waals surface area contributed by atoms with Crippen LogP contribution in [0.25, 0.3) is 0 Å². The summed E-state index contributed by atoms with van der Waals surface area (Å²) >= 11 is 5.94. The molecular weight excluding hydrogens is 331 g/mol. The molecule has 3 rings (SSSR count). The maximum atomic E-state index is 13.7. The van der Waals surface area contributed by atoms with Gasteiger partial charge >= 0.3 is 0 Å². The van der Waals surface area contributed by atoms with Gasteiger partial charge in [0.15, 0.2) is 17.5 Å². The lowest BCUT2D eigenvalue weighted by molar-refractivity contribution is 0.0919. The van der Waals surface area contributed by atoms with E-state index < -0.39 is 35.0 Å². The van der Waals surface area contributed by atoms with E-state index in [0.29, 0.717) is 35.4 Å². The van der Waals surface area contributed by atoms with Crippen molar-refractivity contribution in [2.75, 3.05) is 6.61 Å². The molecule has 1 heterocycles. The van der Waals surface area contributed by atoms with E-state index in [1.807, 2.05) is 0 Å². The highest BCUT2D eigenvalue weighted by molar-refractivity contribution is 6.30. The summed E-state index contributed by atoms with van der Waals surface area (Å²) in [6.45, 7) is 0.361. The van der Waals surface area contributed by atoms with Gasteiger partial charge in [-0.25, -0.2) is 13.2 Å². The Balaban J connectivity index is 1.88. The summed E-state index contributed by atoms with van der Waals surface area (Å²) in [5, 5.41) is 3.06. The van der Waals surface area contributed by atoms with Crippen molar-refractivity contribution in [1.82, 2.24) is 5.32 Å². The van der Waals surface area contributed by atoms with E-state index in [9.17, 15) is 18.0 Å². The average Bonchev–Trinajstić information content (AvgIpc) is 2.53. The van der Waals surface area contributed by atoms with Crippen LogP contribution < -0.4 is 10.1 Å². The highest BCUT2D eigenvalue weighted by Crippen LogP contribution is 2.34. The van der Waals surface area contributed by atoms with E-state index in [1.54, 1.807) is 18.2 Å². The first-order valence-electron chi connectivity index (χ1n) is 6.84. The van der Waals surface area contributed by atoms with Crippen LogP contribution in [0.3, 0.4) is 0 Å². The first-order valence-corrected chi connectivity index (χ1v) is 7.22. The van der Waals surface area contributed by atoms with Gasteiger partial charge in [0.05, 0.1) is 18.2 Å². The lowest BCUT2D eigenvalue weighted by atomic mass is 10.00. The van der Waals surface area contributed by atoms with Gasteiger partial charge in [0, 0.05) is 17.0 Å². The third-order valence-electron chi connectivity index (χ3n) is 3.60. The number of rotatable bonds is 2. The second kappa shape index (κ2) is 6.12. The number of nitrogens with one attached hydrogen (secondary N) is 1. The van der Waals surface area contributed by atoms with Crippen molar-refractivity contribution < 1.29 is 22.7 Å². The Morgan fingerprint density at radius 1 is 1.17 bits per heavy atom. The molecule has 1 aliphatic heterocycles. The van der Waals surface area contributed by atoms with Crippen LogP contribution in [0.4, 0.5) is 13.2 Å². The fourth-order valence-electron chi connectivity index (χ4n) is 2.45. The standard InChI is InChI=1S/C16H11ClF3NO2/c17-8-1-4-13-10(7-8)12(5-6-23-13)21-16(22)9-2-3-11(18)15(20)14(9)19/h1-4,7,12H,5-6H2,(H,21,22). The second-order valence-corrected chi connectivity index (χ2v) is 5.50. The van der Waals surface area contributed by atoms with E-state index in [0.717, 1.165) is 6.07 Å². The fourth-order valence-corrected chi connectivity index (χ4v) is 2.63. The number of halogens is 4. The molecule has 1 unspecified atom stereocenters. The minimum Gasteiger partial charge on any atom is -0.493 e. The molecule has 1 N–H and O–H groups in total. The number of carbonyl (C=O) groups is 1. The van der Waals surface area contributed by atoms with Gasteiger partial charge in [0.1, 0.15) is 5.75 Å². The third kappa shape index (κ3) is 2.99. The van der Waals surface area contributed by atoms with E-state index in [4.69, 9.17) is 16.3 Å². The van der Waals surface area contributed by atoms with Gasteiger partial charge in [-0.3, -0.25) is 4.79 Å². The van der Waals surface area contributed by atoms with Gasteiger partial charge in [-0.05, 0) is 30.3 Å². The minimum atomic E-state index is -1.67. The van der Waals surface area contributed by atoms with E-state index in [2.05, 4.69) is 5.32 Å². The first kappa shape index (κ1) is 15.7. The average molecular weight is 342 g/mol. The van der Waals surface area contributed by atoms with Crippen LogP contribution in [-0.2, 0) is 0 Å². The SMILES string of the molecule is O=C(NC1CCOc2ccc(Cl)cc21)c1ccc(F)c(F)c1F. The van der Waals surface area contributed by atoms with Gasteiger partial charge in [-0.2, -0.15) is 0 Å². The molecule has 0 aliphatic carbocycles. The van der Waals surface area contributed by atoms with Crippen LogP contribution in [0.15, 0.2) is 30.3 Å². The van der Waals surface area contributed by atoms with E-state index in [-0.39, 0.29) is 0 Å². The zero-order valence-corrected chi connectivity index (χ0v) is 12.5. The van der Waals surface area contributed by atoms with Crippen molar-refractivity contribution in [2.45, 2.75) is 12.5 Å². The van der Waals surface area contributed by atoms with Crippen molar-refractivity contribution in [3.05, 3.63) is 63.9 Å². The van der Waals surface area contributed by atoms with Gasteiger partial charge in [0.2, 0.25) is 0 Å². The number of amides is 1. The molecule has 23 heavy (non-hydrogen) atoms. The molecule has 1 aliphatic rings. The molecule has 0 bridgehead atoms. The highest BCUT2D eigenvalue weighted by atomic mass is 35.5. The number of carbonyl (C=O) groups excluding carboxylic acids is 1. The maximum Gasteiger partial charge on any atom is 0.254 e. The number of ether oxygens (including phenoxy) is 1. The topological polar surface area (TPSA) is 38.3 Å². The van der Waals surface area contributed by atoms with Crippen LogP contribution >= 0.6 is 11.6 Å². The Hall–Kier alpha value is -2.21. The summed E-state index contributed by atoms with van der Waals surface area (Å²) in [6.07, 6.45) is 0.449. The number of fused-ring (bicyclic) bond motifs is 1. The van der Waals surface area contributed by atoms with Gasteiger partial charge in [-0.1, -0.05) is 11.6 Å². The van der Waals surface area contributed by atoms with Crippen molar-refractivity contribution in [1.29, 1.82) is 0 Å². The van der Waals surface area contributed by atoms with Crippen LogP contribution in [0.1, 0.15) is 28.4 Å². The summed E-state index contributed by atoms with van der Waals surface area (Å²) in [7, 11) is 0. The van der Waals surface area contributed by atoms with Crippen molar-refractivity contribution >= 4 is 17.5 Å². The smallest absolute Gasteiger partial charge is 0.254 e. The zero-order valence-electron chi connectivity index (χ0n) is 11.7. The Bertz CT molecular complexity index is 782. The molecule has 0 spiro atoms. The molecule has 7 heteroatoms. The third-order valence-corrected chi connectivity index (χ3v) is 3.83. The quantitative estimate of drug-likeness (QED) is 0.838. The van der Waals surface area contributed by atoms with Crippen molar-refractivity contribution in [2.24, 2.45) is 0 Å². The number of benzene rings is 2. The van der Waals surface area contributed by atoms with Crippen molar-refractivity contribution in [3.63, 3.8) is 0 Å². The van der Waals surface area contributed by atoms with Gasteiger partial charge in [-0.15, -0.1) is 0 Å². The molecule has 0 saturated heterocycles. The number of hydrogen-bond acceptors (Lipinski definition) is 2. The van der Waals surface area contributed by atoms with Crippen LogP contribution in [0.2, 0.25) is 5.02 Å². The Morgan fingerprint density at radius 3 is 2.74 bits per heavy atom. The summed E-state index contributed by atoms with van der Waals surface area (Å²) in [6, 6.07) is 6.12. The predicted octanol–water partition coefficient (Wildman–Crippen LogP) is 4.01. The molecule has 1 amide bonds. The zero-order chi connectivity index (χ0) is 16.6. The summed E-state index contributed by atoms with van der Waals surface area (Å²) in [5.74, 6) is -4.80. The van der Waals surface area contributed by atoms with E-state index >= 15 is 0 Å².